The number of alkyl halides is 3. The lowest BCUT2D eigenvalue weighted by molar-refractivity contribution is -0.135. The average Bonchev–Trinajstić information content (AvgIpc) is 3.26. The maximum Gasteiger partial charge on any atom is 0.422 e. The van der Waals surface area contributed by atoms with Crippen LogP contribution >= 0.6 is 11.3 Å². The number of hydrogen-bond acceptors (Lipinski definition) is 6. The number of hydrogen-bond donors (Lipinski definition) is 2. The molecule has 0 unspecified atom stereocenters. The molecule has 2 heterocycles. The number of halogens is 3. The third-order valence-corrected chi connectivity index (χ3v) is 6.74. The molecule has 0 aromatic carbocycles. The van der Waals surface area contributed by atoms with Gasteiger partial charge in [0.1, 0.15) is 10.4 Å². The molecule has 33 heavy (non-hydrogen) atoms. The van der Waals surface area contributed by atoms with Crippen molar-refractivity contribution < 1.29 is 22.7 Å². The fourth-order valence-electron chi connectivity index (χ4n) is 3.67. The van der Waals surface area contributed by atoms with Crippen molar-refractivity contribution in [3.05, 3.63) is 31.3 Å². The molecule has 2 N–H and O–H groups in total. The highest BCUT2D eigenvalue weighted by molar-refractivity contribution is 7.18. The zero-order valence-electron chi connectivity index (χ0n) is 19.3. The fraction of sp³-hybridized carbons (Fsp3) is 0.667. The molecule has 1 amide bonds. The molecule has 2 atom stereocenters. The summed E-state index contributed by atoms with van der Waals surface area (Å²) in [7, 11) is 0. The van der Waals surface area contributed by atoms with Gasteiger partial charge in [-0.2, -0.15) is 13.2 Å². The van der Waals surface area contributed by atoms with Crippen LogP contribution < -0.4 is 22.1 Å². The number of aryl methyl sites for hydroxylation is 2. The number of rotatable bonds is 7. The lowest BCUT2D eigenvalue weighted by atomic mass is 10.2. The van der Waals surface area contributed by atoms with E-state index in [-0.39, 0.29) is 31.5 Å². The topological polar surface area (TPSA) is 94.4 Å². The summed E-state index contributed by atoms with van der Waals surface area (Å²) in [6.07, 6.45) is -5.59. The summed E-state index contributed by atoms with van der Waals surface area (Å²) >= 11 is 1.16. The molecule has 1 aliphatic carbocycles. The van der Waals surface area contributed by atoms with E-state index in [9.17, 15) is 27.6 Å². The quantitative estimate of drug-likeness (QED) is 0.573. The highest BCUT2D eigenvalue weighted by atomic mass is 32.1. The van der Waals surface area contributed by atoms with E-state index in [0.29, 0.717) is 27.1 Å². The Balaban J connectivity index is 1.93. The number of aromatic nitrogens is 2. The van der Waals surface area contributed by atoms with E-state index in [4.69, 9.17) is 4.74 Å². The van der Waals surface area contributed by atoms with E-state index in [1.54, 1.807) is 27.7 Å². The van der Waals surface area contributed by atoms with Crippen LogP contribution in [0.5, 0.6) is 0 Å². The smallest absolute Gasteiger partial charge is 0.422 e. The van der Waals surface area contributed by atoms with Gasteiger partial charge in [-0.3, -0.25) is 19.4 Å². The molecule has 0 spiro atoms. The second-order valence-corrected chi connectivity index (χ2v) is 10.5. The summed E-state index contributed by atoms with van der Waals surface area (Å²) in [4.78, 5) is 39.2. The Morgan fingerprint density at radius 2 is 1.88 bits per heavy atom. The minimum atomic E-state index is -4.32. The third kappa shape index (κ3) is 5.97. The van der Waals surface area contributed by atoms with Crippen molar-refractivity contribution in [2.24, 2.45) is 5.92 Å². The predicted octanol–water partition coefficient (Wildman–Crippen LogP) is 3.99. The number of nitrogens with zero attached hydrogens (tertiary/aromatic N) is 2. The molecule has 0 aliphatic heterocycles. The van der Waals surface area contributed by atoms with Crippen molar-refractivity contribution in [2.75, 3.05) is 0 Å². The molecule has 1 saturated carbocycles. The molecule has 0 saturated heterocycles. The van der Waals surface area contributed by atoms with E-state index in [2.05, 4.69) is 10.9 Å². The standard InChI is InChI=1S/C21H29F3N4O4S/c1-11-9-13(11)28-16(29)15-12(2)14(10-25-26-18(30)32-20(3,4)5)33-17(15)27(19(28)31)8-6-7-21(22,23)24/h11,13,25H,6-10H2,1-5H3,(H,26,30)/t11-,13-/m0/s1. The summed E-state index contributed by atoms with van der Waals surface area (Å²) in [6.45, 7) is 8.86. The SMILES string of the molecule is Cc1c(CNNC(=O)OC(C)(C)C)sc2c1c(=O)n([C@H]1C[C@@H]1C)c(=O)n2CCCC(F)(F)F. The second kappa shape index (κ2) is 9.13. The first-order valence-electron chi connectivity index (χ1n) is 10.8. The minimum absolute atomic E-state index is 0.140. The maximum absolute atomic E-state index is 13.2. The van der Waals surface area contributed by atoms with Gasteiger partial charge >= 0.3 is 18.0 Å². The monoisotopic (exact) mass is 490 g/mol. The van der Waals surface area contributed by atoms with Crippen LogP contribution in [0.3, 0.4) is 0 Å². The van der Waals surface area contributed by atoms with Gasteiger partial charge in [-0.1, -0.05) is 6.92 Å². The van der Waals surface area contributed by atoms with Crippen molar-refractivity contribution in [1.29, 1.82) is 0 Å². The van der Waals surface area contributed by atoms with Crippen molar-refractivity contribution >= 4 is 27.6 Å². The Hall–Kier alpha value is -2.34. The van der Waals surface area contributed by atoms with Gasteiger partial charge in [0.2, 0.25) is 0 Å². The molecule has 12 heteroatoms. The largest absolute Gasteiger partial charge is 0.443 e. The minimum Gasteiger partial charge on any atom is -0.443 e. The Morgan fingerprint density at radius 1 is 1.24 bits per heavy atom. The van der Waals surface area contributed by atoms with E-state index < -0.39 is 35.5 Å². The lowest BCUT2D eigenvalue weighted by Crippen LogP contribution is -2.40. The van der Waals surface area contributed by atoms with Gasteiger partial charge in [-0.15, -0.1) is 11.3 Å². The molecular weight excluding hydrogens is 461 g/mol. The molecule has 3 rings (SSSR count). The number of ether oxygens (including phenoxy) is 1. The normalized spacial score (nSPS) is 18.5. The first-order chi connectivity index (χ1) is 15.2. The molecule has 0 bridgehead atoms. The summed E-state index contributed by atoms with van der Waals surface area (Å²) in [5.74, 6) is 0.162. The van der Waals surface area contributed by atoms with E-state index in [1.165, 1.54) is 9.13 Å². The first kappa shape index (κ1) is 25.3. The van der Waals surface area contributed by atoms with Crippen LogP contribution in [0.1, 0.15) is 63.4 Å². The van der Waals surface area contributed by atoms with Gasteiger partial charge in [0.05, 0.1) is 5.39 Å². The van der Waals surface area contributed by atoms with E-state index in [0.717, 1.165) is 11.3 Å². The highest BCUT2D eigenvalue weighted by Crippen LogP contribution is 2.41. The van der Waals surface area contributed by atoms with Crippen molar-refractivity contribution in [3.63, 3.8) is 0 Å². The molecule has 2 aromatic rings. The van der Waals surface area contributed by atoms with Crippen LogP contribution in [0, 0.1) is 12.8 Å². The van der Waals surface area contributed by atoms with Gasteiger partial charge in [0, 0.05) is 30.4 Å². The molecule has 8 nitrogen and oxygen atoms in total. The van der Waals surface area contributed by atoms with Crippen molar-refractivity contribution in [2.45, 2.75) is 84.8 Å². The molecule has 184 valence electrons. The molecule has 1 aliphatic rings. The molecule has 2 aromatic heterocycles. The van der Waals surface area contributed by atoms with Crippen LogP contribution in [0.25, 0.3) is 10.2 Å². The fourth-order valence-corrected chi connectivity index (χ4v) is 4.92. The van der Waals surface area contributed by atoms with Crippen LogP contribution in [-0.4, -0.2) is 27.0 Å². The van der Waals surface area contributed by atoms with E-state index >= 15 is 0 Å². The molecular formula is C21H29F3N4O4S. The van der Waals surface area contributed by atoms with Crippen LogP contribution in [0.15, 0.2) is 9.59 Å². The summed E-state index contributed by atoms with van der Waals surface area (Å²) < 4.78 is 45.7. The number of carbonyl (C=O) groups is 1. The Labute approximate surface area is 192 Å². The number of hydrazine groups is 1. The Kier molecular flexibility index (Phi) is 6.99. The highest BCUT2D eigenvalue weighted by Gasteiger charge is 2.38. The predicted molar refractivity (Wildman–Crippen MR) is 119 cm³/mol. The Morgan fingerprint density at radius 3 is 2.42 bits per heavy atom. The van der Waals surface area contributed by atoms with E-state index in [1.807, 2.05) is 6.92 Å². The van der Waals surface area contributed by atoms with Gasteiger partial charge in [-0.25, -0.2) is 15.0 Å². The summed E-state index contributed by atoms with van der Waals surface area (Å²) in [6, 6.07) is -0.238. The zero-order valence-corrected chi connectivity index (χ0v) is 20.1. The first-order valence-corrected chi connectivity index (χ1v) is 11.6. The third-order valence-electron chi connectivity index (χ3n) is 5.42. The lowest BCUT2D eigenvalue weighted by Gasteiger charge is -2.19. The summed E-state index contributed by atoms with van der Waals surface area (Å²) in [5.41, 5.74) is 4.12. The number of carbonyl (C=O) groups excluding carboxylic acids is 1. The number of thiophene rings is 1. The molecule has 1 fully saturated rings. The Bertz CT molecular complexity index is 1160. The van der Waals surface area contributed by atoms with Gasteiger partial charge in [0.25, 0.3) is 5.56 Å². The van der Waals surface area contributed by atoms with Crippen LogP contribution in [-0.2, 0) is 17.8 Å². The van der Waals surface area contributed by atoms with Gasteiger partial charge in [0.15, 0.2) is 0 Å². The molecule has 0 radical (unpaired) electrons. The average molecular weight is 491 g/mol. The number of amides is 1. The van der Waals surface area contributed by atoms with Crippen LogP contribution in [0.4, 0.5) is 18.0 Å². The van der Waals surface area contributed by atoms with Crippen molar-refractivity contribution in [1.82, 2.24) is 20.0 Å². The summed E-state index contributed by atoms with van der Waals surface area (Å²) in [5, 5.41) is 0.333. The second-order valence-electron chi connectivity index (χ2n) is 9.42. The van der Waals surface area contributed by atoms with Gasteiger partial charge < -0.3 is 4.74 Å². The van der Waals surface area contributed by atoms with Crippen LogP contribution in [0.2, 0.25) is 0 Å². The number of nitrogens with one attached hydrogen (secondary N) is 2. The maximum atomic E-state index is 13.2. The van der Waals surface area contributed by atoms with Crippen molar-refractivity contribution in [3.8, 4) is 0 Å². The number of fused-ring (bicyclic) bond motifs is 1. The zero-order chi connectivity index (χ0) is 24.7. The van der Waals surface area contributed by atoms with Gasteiger partial charge in [-0.05, 0) is 52.0 Å².